The first-order valence-electron chi connectivity index (χ1n) is 6.49. The maximum atomic E-state index is 12.5. The van der Waals surface area contributed by atoms with Gasteiger partial charge in [0.1, 0.15) is 0 Å². The molecule has 1 aromatic rings. The molecule has 0 radical (unpaired) electrons. The molecule has 1 aromatic heterocycles. The van der Waals surface area contributed by atoms with Crippen LogP contribution in [0, 0.1) is 0 Å². The van der Waals surface area contributed by atoms with E-state index in [1.165, 1.54) is 29.4 Å². The summed E-state index contributed by atoms with van der Waals surface area (Å²) in [7, 11) is 0. The predicted molar refractivity (Wildman–Crippen MR) is 74.4 cm³/mol. The van der Waals surface area contributed by atoms with E-state index in [0.29, 0.717) is 30.6 Å². The lowest BCUT2D eigenvalue weighted by Gasteiger charge is -2.19. The van der Waals surface area contributed by atoms with Crippen molar-refractivity contribution in [1.29, 1.82) is 0 Å². The Balaban J connectivity index is 2.26. The van der Waals surface area contributed by atoms with Gasteiger partial charge < -0.3 is 15.3 Å². The number of carbonyl (C=O) groups excluding carboxylic acids is 2. The summed E-state index contributed by atoms with van der Waals surface area (Å²) in [5.74, 6) is -1.61. The smallest absolute Gasteiger partial charge is 0.328 e. The molecule has 1 aliphatic rings. The van der Waals surface area contributed by atoms with Gasteiger partial charge in [-0.1, -0.05) is 0 Å². The minimum atomic E-state index is -1.11. The molecule has 7 heteroatoms. The van der Waals surface area contributed by atoms with Gasteiger partial charge in [-0.3, -0.25) is 14.6 Å². The van der Waals surface area contributed by atoms with Gasteiger partial charge in [0, 0.05) is 42.7 Å². The summed E-state index contributed by atoms with van der Waals surface area (Å²) in [4.78, 5) is 40.0. The van der Waals surface area contributed by atoms with E-state index in [-0.39, 0.29) is 18.4 Å². The third-order valence-corrected chi connectivity index (χ3v) is 3.04. The second-order valence-electron chi connectivity index (χ2n) is 4.56. The van der Waals surface area contributed by atoms with Crippen LogP contribution in [-0.2, 0) is 9.59 Å². The van der Waals surface area contributed by atoms with Crippen molar-refractivity contribution in [3.8, 4) is 0 Å². The van der Waals surface area contributed by atoms with Crippen LogP contribution in [0.5, 0.6) is 0 Å². The van der Waals surface area contributed by atoms with Crippen molar-refractivity contribution in [3.05, 3.63) is 35.7 Å². The van der Waals surface area contributed by atoms with Crippen LogP contribution in [0.4, 0.5) is 0 Å². The lowest BCUT2D eigenvalue weighted by Crippen LogP contribution is -2.37. The highest BCUT2D eigenvalue weighted by Gasteiger charge is 2.22. The molecular weight excluding hydrogens is 274 g/mol. The van der Waals surface area contributed by atoms with Crippen molar-refractivity contribution < 1.29 is 19.5 Å². The Morgan fingerprint density at radius 2 is 2.24 bits per heavy atom. The number of nitrogens with zero attached hydrogens (tertiary/aromatic N) is 2. The number of hydrogen-bond donors (Lipinski definition) is 2. The fraction of sp³-hybridized carbons (Fsp3) is 0.286. The number of aliphatic carboxylic acids is 1. The lowest BCUT2D eigenvalue weighted by molar-refractivity contribution is -0.131. The number of pyridine rings is 1. The average Bonchev–Trinajstić information content (AvgIpc) is 2.69. The van der Waals surface area contributed by atoms with Gasteiger partial charge in [-0.25, -0.2) is 4.79 Å². The molecule has 0 aliphatic carbocycles. The first-order chi connectivity index (χ1) is 10.1. The second kappa shape index (κ2) is 6.65. The van der Waals surface area contributed by atoms with Crippen molar-refractivity contribution in [2.45, 2.75) is 6.42 Å². The number of carboxylic acids is 1. The van der Waals surface area contributed by atoms with Crippen LogP contribution >= 0.6 is 0 Å². The topological polar surface area (TPSA) is 99.6 Å². The van der Waals surface area contributed by atoms with Crippen molar-refractivity contribution in [3.63, 3.8) is 0 Å². The summed E-state index contributed by atoms with van der Waals surface area (Å²) < 4.78 is 0. The molecule has 2 heterocycles. The summed E-state index contributed by atoms with van der Waals surface area (Å²) in [6.45, 7) is 1.02. The maximum Gasteiger partial charge on any atom is 0.328 e. The second-order valence-corrected chi connectivity index (χ2v) is 4.56. The summed E-state index contributed by atoms with van der Waals surface area (Å²) in [6, 6.07) is 1.52. The van der Waals surface area contributed by atoms with Gasteiger partial charge in [-0.15, -0.1) is 0 Å². The van der Waals surface area contributed by atoms with Crippen LogP contribution in [-0.4, -0.2) is 52.4 Å². The van der Waals surface area contributed by atoms with Gasteiger partial charge in [-0.2, -0.15) is 0 Å². The predicted octanol–water partition coefficient (Wildman–Crippen LogP) is 0.142. The Kier molecular flexibility index (Phi) is 4.65. The lowest BCUT2D eigenvalue weighted by atomic mass is 10.1. The highest BCUT2D eigenvalue weighted by molar-refractivity contribution is 6.00. The Bertz CT molecular complexity index is 598. The third kappa shape index (κ3) is 3.88. The van der Waals surface area contributed by atoms with E-state index in [2.05, 4.69) is 10.3 Å². The standard InChI is InChI=1S/C14H15N3O4/c18-12-9-17(7-1-5-16-12)14(21)11-4-6-15-8-10(11)2-3-13(19)20/h2-4,6,8H,1,5,7,9H2,(H,16,18)(H,19,20). The zero-order valence-electron chi connectivity index (χ0n) is 11.3. The fourth-order valence-corrected chi connectivity index (χ4v) is 2.05. The van der Waals surface area contributed by atoms with Gasteiger partial charge in [-0.05, 0) is 18.6 Å². The Labute approximate surface area is 121 Å². The normalized spacial score (nSPS) is 15.6. The number of rotatable bonds is 3. The molecule has 2 rings (SSSR count). The van der Waals surface area contributed by atoms with Crippen LogP contribution in [0.15, 0.2) is 24.5 Å². The number of aromatic nitrogens is 1. The summed E-state index contributed by atoms with van der Waals surface area (Å²) in [6.07, 6.45) is 5.83. The van der Waals surface area contributed by atoms with E-state index in [9.17, 15) is 14.4 Å². The molecule has 0 unspecified atom stereocenters. The zero-order valence-corrected chi connectivity index (χ0v) is 11.3. The van der Waals surface area contributed by atoms with E-state index in [4.69, 9.17) is 5.11 Å². The van der Waals surface area contributed by atoms with E-state index >= 15 is 0 Å². The molecule has 1 saturated heterocycles. The summed E-state index contributed by atoms with van der Waals surface area (Å²) >= 11 is 0. The molecule has 0 spiro atoms. The van der Waals surface area contributed by atoms with E-state index in [1.807, 2.05) is 0 Å². The maximum absolute atomic E-state index is 12.5. The van der Waals surface area contributed by atoms with Crippen LogP contribution in [0.3, 0.4) is 0 Å². The highest BCUT2D eigenvalue weighted by atomic mass is 16.4. The molecule has 0 aromatic carbocycles. The third-order valence-electron chi connectivity index (χ3n) is 3.04. The average molecular weight is 289 g/mol. The van der Waals surface area contributed by atoms with Crippen LogP contribution in [0.2, 0.25) is 0 Å². The van der Waals surface area contributed by atoms with Crippen LogP contribution in [0.25, 0.3) is 6.08 Å². The number of carboxylic acid groups (broad SMARTS) is 1. The van der Waals surface area contributed by atoms with E-state index in [1.54, 1.807) is 0 Å². The first-order valence-corrected chi connectivity index (χ1v) is 6.49. The minimum Gasteiger partial charge on any atom is -0.478 e. The highest BCUT2D eigenvalue weighted by Crippen LogP contribution is 2.13. The minimum absolute atomic E-state index is 0.00322. The Hall–Kier alpha value is -2.70. The molecule has 2 N–H and O–H groups in total. The molecule has 1 fully saturated rings. The fourth-order valence-electron chi connectivity index (χ4n) is 2.05. The van der Waals surface area contributed by atoms with Crippen LogP contribution < -0.4 is 5.32 Å². The van der Waals surface area contributed by atoms with Gasteiger partial charge in [0.2, 0.25) is 5.91 Å². The largest absolute Gasteiger partial charge is 0.478 e. The first kappa shape index (κ1) is 14.7. The van der Waals surface area contributed by atoms with Crippen molar-refractivity contribution >= 4 is 23.9 Å². The van der Waals surface area contributed by atoms with Gasteiger partial charge in [0.05, 0.1) is 6.54 Å². The molecule has 0 saturated carbocycles. The monoisotopic (exact) mass is 289 g/mol. The van der Waals surface area contributed by atoms with Crippen LogP contribution in [0.1, 0.15) is 22.3 Å². The quantitative estimate of drug-likeness (QED) is 0.771. The van der Waals surface area contributed by atoms with Gasteiger partial charge in [0.25, 0.3) is 5.91 Å². The van der Waals surface area contributed by atoms with Gasteiger partial charge >= 0.3 is 5.97 Å². The molecule has 21 heavy (non-hydrogen) atoms. The molecular formula is C14H15N3O4. The zero-order chi connectivity index (χ0) is 15.2. The van der Waals surface area contributed by atoms with Crippen molar-refractivity contribution in [2.24, 2.45) is 0 Å². The number of hydrogen-bond acceptors (Lipinski definition) is 4. The molecule has 7 nitrogen and oxygen atoms in total. The van der Waals surface area contributed by atoms with Gasteiger partial charge in [0.15, 0.2) is 0 Å². The molecule has 2 amide bonds. The Morgan fingerprint density at radius 3 is 3.00 bits per heavy atom. The SMILES string of the molecule is O=C(O)C=Cc1cnccc1C(=O)N1CCCNC(=O)C1. The molecule has 1 aliphatic heterocycles. The van der Waals surface area contributed by atoms with Crippen molar-refractivity contribution in [2.75, 3.05) is 19.6 Å². The number of nitrogens with one attached hydrogen (secondary N) is 1. The molecule has 0 bridgehead atoms. The summed E-state index contributed by atoms with van der Waals surface area (Å²) in [5, 5.41) is 11.4. The molecule has 110 valence electrons. The summed E-state index contributed by atoms with van der Waals surface area (Å²) in [5.41, 5.74) is 0.742. The molecule has 0 atom stereocenters. The Morgan fingerprint density at radius 1 is 1.43 bits per heavy atom. The van der Waals surface area contributed by atoms with E-state index < -0.39 is 5.97 Å². The van der Waals surface area contributed by atoms with Crippen molar-refractivity contribution in [1.82, 2.24) is 15.2 Å². The number of amides is 2. The number of carbonyl (C=O) groups is 3. The van der Waals surface area contributed by atoms with E-state index in [0.717, 1.165) is 6.08 Å².